The maximum absolute atomic E-state index is 13.6. The first-order valence-corrected chi connectivity index (χ1v) is 12.9. The summed E-state index contributed by atoms with van der Waals surface area (Å²) in [5.41, 5.74) is 2.55. The lowest BCUT2D eigenvalue weighted by molar-refractivity contribution is -0.138. The summed E-state index contributed by atoms with van der Waals surface area (Å²) in [5.74, 6) is 0.285. The first-order chi connectivity index (χ1) is 15.0. The molecule has 3 aliphatic heterocycles. The maximum atomic E-state index is 13.6. The van der Waals surface area contributed by atoms with Gasteiger partial charge in [-0.05, 0) is 110 Å². The minimum Gasteiger partial charge on any atom is -0.400 e. The van der Waals surface area contributed by atoms with Gasteiger partial charge in [0.1, 0.15) is 0 Å². The van der Waals surface area contributed by atoms with E-state index in [1.54, 1.807) is 0 Å². The van der Waals surface area contributed by atoms with Crippen LogP contribution in [0.3, 0.4) is 0 Å². The quantitative estimate of drug-likeness (QED) is 0.588. The molecule has 0 N–H and O–H groups in total. The molecule has 5 rings (SSSR count). The monoisotopic (exact) mass is 440 g/mol. The van der Waals surface area contributed by atoms with Crippen LogP contribution in [0.25, 0.3) is 0 Å². The van der Waals surface area contributed by atoms with E-state index >= 15 is 0 Å². The number of hydrogen-bond donors (Lipinski definition) is 0. The molecule has 6 heteroatoms. The smallest absolute Gasteiger partial charge is 0.400 e. The first-order valence-electron chi connectivity index (χ1n) is 12.9. The van der Waals surface area contributed by atoms with E-state index < -0.39 is 5.41 Å². The van der Waals surface area contributed by atoms with Gasteiger partial charge in [0, 0.05) is 17.8 Å². The van der Waals surface area contributed by atoms with Crippen molar-refractivity contribution in [3.63, 3.8) is 0 Å². The molecule has 0 atom stereocenters. The fourth-order valence-electron chi connectivity index (χ4n) is 6.19. The third-order valence-corrected chi connectivity index (χ3v) is 9.23. The molecule has 32 heavy (non-hydrogen) atoms. The normalized spacial score (nSPS) is 34.3. The van der Waals surface area contributed by atoms with Crippen LogP contribution in [-0.4, -0.2) is 59.2 Å². The highest BCUT2D eigenvalue weighted by molar-refractivity contribution is 6.54. The predicted molar refractivity (Wildman–Crippen MR) is 128 cm³/mol. The number of carbonyl (C=O) groups excluding carboxylic acids is 1. The molecule has 1 amide bonds. The number of amides is 1. The van der Waals surface area contributed by atoms with Crippen molar-refractivity contribution in [2.24, 2.45) is 5.41 Å². The highest BCUT2D eigenvalue weighted by Crippen LogP contribution is 2.50. The van der Waals surface area contributed by atoms with E-state index in [0.29, 0.717) is 12.1 Å². The van der Waals surface area contributed by atoms with Crippen LogP contribution in [0, 0.1) is 5.41 Å². The summed E-state index contributed by atoms with van der Waals surface area (Å²) in [4.78, 5) is 18.4. The van der Waals surface area contributed by atoms with E-state index in [2.05, 4.69) is 57.4 Å². The summed E-state index contributed by atoms with van der Waals surface area (Å²) >= 11 is 0. The lowest BCUT2D eigenvalue weighted by atomic mass is 9.70. The molecule has 3 fully saturated rings. The highest BCUT2D eigenvalue weighted by atomic mass is 16.7. The van der Waals surface area contributed by atoms with Gasteiger partial charge in [-0.2, -0.15) is 0 Å². The molecule has 2 saturated heterocycles. The van der Waals surface area contributed by atoms with E-state index in [0.717, 1.165) is 31.4 Å². The van der Waals surface area contributed by atoms with Gasteiger partial charge in [0.05, 0.1) is 16.6 Å². The van der Waals surface area contributed by atoms with Gasteiger partial charge in [-0.3, -0.25) is 4.79 Å². The Kier molecular flexibility index (Phi) is 5.46. The van der Waals surface area contributed by atoms with Gasteiger partial charge in [0.2, 0.25) is 5.91 Å². The summed E-state index contributed by atoms with van der Waals surface area (Å²) in [6.07, 6.45) is 11.7. The molecule has 0 aromatic heterocycles. The van der Waals surface area contributed by atoms with E-state index in [-0.39, 0.29) is 24.2 Å². The second-order valence-electron chi connectivity index (χ2n) is 12.2. The molecule has 1 saturated carbocycles. The van der Waals surface area contributed by atoms with Crippen molar-refractivity contribution in [2.75, 3.05) is 13.1 Å². The van der Waals surface area contributed by atoms with Crippen molar-refractivity contribution < 1.29 is 14.1 Å². The third-order valence-electron chi connectivity index (χ3n) is 9.23. The van der Waals surface area contributed by atoms with Crippen LogP contribution in [0.5, 0.6) is 0 Å². The Morgan fingerprint density at radius 2 is 1.47 bits per heavy atom. The Morgan fingerprint density at radius 1 is 0.875 bits per heavy atom. The topological polar surface area (TPSA) is 42.0 Å². The molecule has 3 heterocycles. The van der Waals surface area contributed by atoms with Crippen LogP contribution in [0.1, 0.15) is 92.9 Å². The summed E-state index contributed by atoms with van der Waals surface area (Å²) in [6.45, 7) is 15.1. The lowest BCUT2D eigenvalue weighted by Gasteiger charge is -2.47. The minimum atomic E-state index is -0.402. The molecule has 0 spiro atoms. The van der Waals surface area contributed by atoms with Crippen LogP contribution in [0.4, 0.5) is 0 Å². The molecule has 0 radical (unpaired) electrons. The van der Waals surface area contributed by atoms with Crippen molar-refractivity contribution in [3.05, 3.63) is 22.8 Å². The van der Waals surface area contributed by atoms with Crippen molar-refractivity contribution in [2.45, 2.75) is 116 Å². The molecule has 0 aromatic carbocycles. The van der Waals surface area contributed by atoms with Gasteiger partial charge in [0.15, 0.2) is 0 Å². The Bertz CT molecular complexity index is 829. The van der Waals surface area contributed by atoms with Gasteiger partial charge in [-0.25, -0.2) is 0 Å². The summed E-state index contributed by atoms with van der Waals surface area (Å²) in [5, 5.41) is 0. The Morgan fingerprint density at radius 3 is 2.06 bits per heavy atom. The number of nitrogens with zero attached hydrogens (tertiary/aromatic N) is 2. The fourth-order valence-corrected chi connectivity index (χ4v) is 6.19. The second kappa shape index (κ2) is 7.71. The average molecular weight is 440 g/mol. The van der Waals surface area contributed by atoms with Crippen LogP contribution < -0.4 is 0 Å². The van der Waals surface area contributed by atoms with Crippen molar-refractivity contribution in [3.8, 4) is 0 Å². The van der Waals surface area contributed by atoms with Crippen molar-refractivity contribution in [1.82, 2.24) is 9.80 Å². The van der Waals surface area contributed by atoms with Gasteiger partial charge in [-0.15, -0.1) is 0 Å². The van der Waals surface area contributed by atoms with Crippen LogP contribution in [0.15, 0.2) is 22.8 Å². The maximum Gasteiger partial charge on any atom is 0.490 e. The number of allylic oxidation sites excluding steroid dienone is 2. The van der Waals surface area contributed by atoms with Crippen LogP contribution in [0.2, 0.25) is 0 Å². The number of hydrogen-bond acceptors (Lipinski definition) is 4. The van der Waals surface area contributed by atoms with Gasteiger partial charge < -0.3 is 19.1 Å². The lowest BCUT2D eigenvalue weighted by Crippen LogP contribution is -2.55. The van der Waals surface area contributed by atoms with E-state index in [1.807, 2.05) is 0 Å². The number of carbonyl (C=O) groups is 1. The van der Waals surface area contributed by atoms with Crippen LogP contribution in [-0.2, 0) is 14.1 Å². The van der Waals surface area contributed by atoms with Gasteiger partial charge >= 0.3 is 7.12 Å². The van der Waals surface area contributed by atoms with Crippen molar-refractivity contribution in [1.29, 1.82) is 0 Å². The summed E-state index contributed by atoms with van der Waals surface area (Å²) < 4.78 is 12.7. The Labute approximate surface area is 194 Å². The molecule has 0 aromatic rings. The molecule has 0 bridgehead atoms. The molecular formula is C26H41BN2O3. The predicted octanol–water partition coefficient (Wildman–Crippen LogP) is 4.87. The molecule has 5 aliphatic rings. The van der Waals surface area contributed by atoms with E-state index in [9.17, 15) is 4.79 Å². The zero-order valence-corrected chi connectivity index (χ0v) is 21.0. The zero-order valence-electron chi connectivity index (χ0n) is 21.0. The number of rotatable bonds is 3. The molecule has 2 aliphatic carbocycles. The standard InChI is InChI=1S/C26H41BN2O3/c1-24(2)21-12-11-18(27-31-25(3,4)26(5,6)32-27)15-22(21)29(23(24)30)20-16-19(17-20)28-13-9-7-8-10-14-28/h15,19-20H,7-14,16-17H2,1-6H3. The molecule has 0 unspecified atom stereocenters. The fraction of sp³-hybridized carbons (Fsp3) is 0.808. The second-order valence-corrected chi connectivity index (χ2v) is 12.2. The highest BCUT2D eigenvalue weighted by Gasteiger charge is 2.55. The Hall–Kier alpha value is -1.11. The average Bonchev–Trinajstić information content (AvgIpc) is 2.91. The summed E-state index contributed by atoms with van der Waals surface area (Å²) in [6, 6.07) is 0.977. The van der Waals surface area contributed by atoms with Gasteiger partial charge in [0.25, 0.3) is 0 Å². The molecular weight excluding hydrogens is 399 g/mol. The molecule has 5 nitrogen and oxygen atoms in total. The zero-order chi connectivity index (χ0) is 22.9. The van der Waals surface area contributed by atoms with Crippen molar-refractivity contribution >= 4 is 13.0 Å². The van der Waals surface area contributed by atoms with Gasteiger partial charge in [-0.1, -0.05) is 12.8 Å². The Balaban J connectivity index is 1.36. The largest absolute Gasteiger partial charge is 0.490 e. The van der Waals surface area contributed by atoms with E-state index in [4.69, 9.17) is 9.31 Å². The summed E-state index contributed by atoms with van der Waals surface area (Å²) in [7, 11) is -0.319. The SMILES string of the molecule is CC1(C)C(=O)N(C2CC(N3CCCCCC3)C2)C2=C1CCC(B1OC(C)(C)C(C)(C)O1)=C2. The number of likely N-dealkylation sites (tertiary alicyclic amines) is 1. The van der Waals surface area contributed by atoms with Crippen LogP contribution >= 0.6 is 0 Å². The molecule has 176 valence electrons. The third kappa shape index (κ3) is 3.52. The minimum absolute atomic E-state index is 0.285. The van der Waals surface area contributed by atoms with E-state index in [1.165, 1.54) is 49.8 Å². The first kappa shape index (κ1) is 22.7.